The Morgan fingerprint density at radius 1 is 1.13 bits per heavy atom. The maximum atomic E-state index is 10.2. The largest absolute Gasteiger partial charge is 0.860 e. The summed E-state index contributed by atoms with van der Waals surface area (Å²) in [6.07, 6.45) is 0. The Morgan fingerprint density at radius 2 is 1.67 bits per heavy atom. The molecule has 0 radical (unpaired) electrons. The van der Waals surface area contributed by atoms with Crippen molar-refractivity contribution in [3.63, 3.8) is 0 Å². The van der Waals surface area contributed by atoms with Crippen molar-refractivity contribution in [1.82, 2.24) is 0 Å². The van der Waals surface area contributed by atoms with Gasteiger partial charge in [0.15, 0.2) is 0 Å². The molecule has 0 amide bonds. The van der Waals surface area contributed by atoms with E-state index in [1.165, 1.54) is 0 Å². The van der Waals surface area contributed by atoms with E-state index in [0.29, 0.717) is 5.75 Å². The minimum Gasteiger partial charge on any atom is -0.860 e. The molecule has 0 N–H and O–H groups in total. The molecule has 0 saturated carbocycles. The highest BCUT2D eigenvalue weighted by atomic mass is 16.6. The first-order valence-corrected chi connectivity index (χ1v) is 5.00. The van der Waals surface area contributed by atoms with Crippen molar-refractivity contribution < 1.29 is 14.7 Å². The van der Waals surface area contributed by atoms with Crippen LogP contribution >= 0.6 is 0 Å². The van der Waals surface area contributed by atoms with Crippen LogP contribution in [0.3, 0.4) is 0 Å². The van der Waals surface area contributed by atoms with Gasteiger partial charge in [0.1, 0.15) is 7.32 Å². The standard InChI is InChI=1S/C10H14BNO3/c1-3-12(4-2)9-5-7-10(8-6-9)15-11(13)14/h5-8H,3-4H2,1-2H3/q-2. The summed E-state index contributed by atoms with van der Waals surface area (Å²) in [5.41, 5.74) is 1.06. The second-order valence-corrected chi connectivity index (χ2v) is 3.07. The maximum absolute atomic E-state index is 10.2. The number of rotatable bonds is 5. The van der Waals surface area contributed by atoms with Crippen LogP contribution in [-0.2, 0) is 0 Å². The molecule has 0 bridgehead atoms. The second kappa shape index (κ2) is 5.63. The number of benzene rings is 1. The maximum Gasteiger partial charge on any atom is 0.133 e. The summed E-state index contributed by atoms with van der Waals surface area (Å²) >= 11 is 0. The first-order valence-electron chi connectivity index (χ1n) is 5.00. The third kappa shape index (κ3) is 3.45. The van der Waals surface area contributed by atoms with Gasteiger partial charge in [-0.3, -0.25) is 0 Å². The zero-order valence-corrected chi connectivity index (χ0v) is 8.97. The number of nitrogens with zero attached hydrogens (tertiary/aromatic N) is 1. The molecule has 0 aliphatic heterocycles. The Kier molecular flexibility index (Phi) is 4.46. The average molecular weight is 207 g/mol. The SMILES string of the molecule is CCN(CC)c1ccc(OB([O-])[O-])cc1. The first-order chi connectivity index (χ1) is 7.17. The molecule has 1 aromatic carbocycles. The molecule has 82 valence electrons. The van der Waals surface area contributed by atoms with E-state index in [0.717, 1.165) is 18.8 Å². The molecule has 5 heteroatoms. The second-order valence-electron chi connectivity index (χ2n) is 3.07. The third-order valence-corrected chi connectivity index (χ3v) is 2.20. The summed E-state index contributed by atoms with van der Waals surface area (Å²) in [4.78, 5) is 2.16. The average Bonchev–Trinajstić information content (AvgIpc) is 2.21. The van der Waals surface area contributed by atoms with E-state index < -0.39 is 7.32 Å². The number of hydrogen-bond acceptors (Lipinski definition) is 4. The van der Waals surface area contributed by atoms with Gasteiger partial charge in [-0.15, -0.1) is 0 Å². The zero-order valence-electron chi connectivity index (χ0n) is 8.97. The van der Waals surface area contributed by atoms with Gasteiger partial charge in [0.25, 0.3) is 0 Å². The fraction of sp³-hybridized carbons (Fsp3) is 0.400. The monoisotopic (exact) mass is 207 g/mol. The quantitative estimate of drug-likeness (QED) is 0.617. The smallest absolute Gasteiger partial charge is 0.133 e. The predicted molar refractivity (Wildman–Crippen MR) is 56.4 cm³/mol. The Labute approximate surface area is 90.3 Å². The van der Waals surface area contributed by atoms with Crippen molar-refractivity contribution in [3.8, 4) is 5.75 Å². The first kappa shape index (κ1) is 11.9. The molecule has 4 nitrogen and oxygen atoms in total. The minimum atomic E-state index is -2.26. The van der Waals surface area contributed by atoms with Gasteiger partial charge in [0, 0.05) is 18.8 Å². The van der Waals surface area contributed by atoms with Crippen LogP contribution in [0.1, 0.15) is 13.8 Å². The lowest BCUT2D eigenvalue weighted by Crippen LogP contribution is -2.50. The number of anilines is 1. The van der Waals surface area contributed by atoms with E-state index >= 15 is 0 Å². The molecule has 15 heavy (non-hydrogen) atoms. The third-order valence-electron chi connectivity index (χ3n) is 2.20. The molecule has 0 atom stereocenters. The molecule has 0 aliphatic rings. The van der Waals surface area contributed by atoms with E-state index in [1.54, 1.807) is 12.1 Å². The summed E-state index contributed by atoms with van der Waals surface area (Å²) in [6, 6.07) is 6.95. The summed E-state index contributed by atoms with van der Waals surface area (Å²) in [6.45, 7) is 5.98. The fourth-order valence-corrected chi connectivity index (χ4v) is 1.44. The zero-order chi connectivity index (χ0) is 11.3. The van der Waals surface area contributed by atoms with Gasteiger partial charge in [-0.25, -0.2) is 0 Å². The summed E-state index contributed by atoms with van der Waals surface area (Å²) in [5, 5.41) is 20.5. The summed E-state index contributed by atoms with van der Waals surface area (Å²) in [7, 11) is -2.26. The van der Waals surface area contributed by atoms with Crippen LogP contribution in [0.2, 0.25) is 0 Å². The van der Waals surface area contributed by atoms with Gasteiger partial charge < -0.3 is 19.6 Å². The van der Waals surface area contributed by atoms with Gasteiger partial charge in [-0.1, -0.05) is 0 Å². The van der Waals surface area contributed by atoms with Gasteiger partial charge in [0.05, 0.1) is 5.75 Å². The van der Waals surface area contributed by atoms with Crippen LogP contribution < -0.4 is 19.6 Å². The molecule has 0 fully saturated rings. The molecule has 0 unspecified atom stereocenters. The van der Waals surface area contributed by atoms with Crippen molar-refractivity contribution in [1.29, 1.82) is 0 Å². The molecule has 0 aliphatic carbocycles. The van der Waals surface area contributed by atoms with Crippen LogP contribution in [0.15, 0.2) is 24.3 Å². The Balaban J connectivity index is 2.71. The fourth-order valence-electron chi connectivity index (χ4n) is 1.44. The highest BCUT2D eigenvalue weighted by Gasteiger charge is 2.00. The van der Waals surface area contributed by atoms with Crippen LogP contribution in [0, 0.1) is 0 Å². The van der Waals surface area contributed by atoms with Crippen molar-refractivity contribution in [2.24, 2.45) is 0 Å². The van der Waals surface area contributed by atoms with Crippen LogP contribution in [-0.4, -0.2) is 20.4 Å². The lowest BCUT2D eigenvalue weighted by Gasteiger charge is -2.27. The van der Waals surface area contributed by atoms with E-state index in [1.807, 2.05) is 12.1 Å². The predicted octanol–water partition coefficient (Wildman–Crippen LogP) is -0.383. The molecule has 1 aromatic rings. The van der Waals surface area contributed by atoms with Crippen LogP contribution in [0.5, 0.6) is 5.75 Å². The Bertz CT molecular complexity index is 285. The highest BCUT2D eigenvalue weighted by molar-refractivity contribution is 6.29. The Hall–Kier alpha value is -1.20. The topological polar surface area (TPSA) is 58.6 Å². The minimum absolute atomic E-state index is 0.320. The van der Waals surface area contributed by atoms with Crippen LogP contribution in [0.4, 0.5) is 5.69 Å². The van der Waals surface area contributed by atoms with Crippen molar-refractivity contribution in [3.05, 3.63) is 24.3 Å². The lowest BCUT2D eigenvalue weighted by atomic mass is 10.2. The molecule has 0 saturated heterocycles. The molecule has 0 spiro atoms. The molecular formula is C10H14BNO3-2. The van der Waals surface area contributed by atoms with Gasteiger partial charge in [-0.2, -0.15) is 0 Å². The van der Waals surface area contributed by atoms with Crippen molar-refractivity contribution in [2.45, 2.75) is 13.8 Å². The van der Waals surface area contributed by atoms with Crippen LogP contribution in [0.25, 0.3) is 0 Å². The van der Waals surface area contributed by atoms with E-state index in [9.17, 15) is 10.0 Å². The lowest BCUT2D eigenvalue weighted by molar-refractivity contribution is -0.372. The molecule has 1 rings (SSSR count). The Morgan fingerprint density at radius 3 is 2.07 bits per heavy atom. The molecular weight excluding hydrogens is 193 g/mol. The van der Waals surface area contributed by atoms with Crippen molar-refractivity contribution >= 4 is 13.0 Å². The van der Waals surface area contributed by atoms with Gasteiger partial charge >= 0.3 is 0 Å². The van der Waals surface area contributed by atoms with Gasteiger partial charge in [0.2, 0.25) is 0 Å². The summed E-state index contributed by atoms with van der Waals surface area (Å²) < 4.78 is 4.49. The molecule has 0 aromatic heterocycles. The van der Waals surface area contributed by atoms with Gasteiger partial charge in [-0.05, 0) is 38.1 Å². The van der Waals surface area contributed by atoms with E-state index in [4.69, 9.17) is 0 Å². The summed E-state index contributed by atoms with van der Waals surface area (Å²) in [5.74, 6) is 0.320. The normalized spacial score (nSPS) is 9.87. The van der Waals surface area contributed by atoms with E-state index in [-0.39, 0.29) is 0 Å². The highest BCUT2D eigenvalue weighted by Crippen LogP contribution is 2.18. The van der Waals surface area contributed by atoms with Crippen molar-refractivity contribution in [2.75, 3.05) is 18.0 Å². The molecule has 0 heterocycles. The van der Waals surface area contributed by atoms with E-state index in [2.05, 4.69) is 23.4 Å². The number of hydrogen-bond donors (Lipinski definition) is 0.